The van der Waals surface area contributed by atoms with Crippen molar-refractivity contribution >= 4 is 23.5 Å². The molecule has 0 saturated carbocycles. The maximum atomic E-state index is 4.69. The average molecular weight is 269 g/mol. The van der Waals surface area contributed by atoms with Crippen LogP contribution in [-0.2, 0) is 6.54 Å². The highest BCUT2D eigenvalue weighted by Crippen LogP contribution is 2.35. The van der Waals surface area contributed by atoms with Crippen LogP contribution in [0.2, 0.25) is 0 Å². The number of nitrogens with zero attached hydrogens (tertiary/aromatic N) is 2. The molecule has 0 amide bonds. The topological polar surface area (TPSA) is 37.8 Å². The molecule has 5 heteroatoms. The van der Waals surface area contributed by atoms with Crippen LogP contribution in [0, 0.1) is 13.8 Å². The van der Waals surface area contributed by atoms with Gasteiger partial charge in [-0.1, -0.05) is 0 Å². The summed E-state index contributed by atoms with van der Waals surface area (Å²) < 4.78 is 0. The van der Waals surface area contributed by atoms with Crippen LogP contribution in [0.1, 0.15) is 28.0 Å². The van der Waals surface area contributed by atoms with Crippen LogP contribution in [0.3, 0.4) is 0 Å². The van der Waals surface area contributed by atoms with E-state index in [0.29, 0.717) is 5.25 Å². The van der Waals surface area contributed by atoms with Gasteiger partial charge in [-0.2, -0.15) is 11.8 Å². The minimum absolute atomic E-state index is 0.481. The summed E-state index contributed by atoms with van der Waals surface area (Å²) in [7, 11) is 1.96. The van der Waals surface area contributed by atoms with Gasteiger partial charge in [0.05, 0.1) is 5.25 Å². The van der Waals surface area contributed by atoms with Gasteiger partial charge in [-0.15, -0.1) is 11.8 Å². The zero-order chi connectivity index (χ0) is 12.3. The molecule has 0 bridgehead atoms. The third-order valence-electron chi connectivity index (χ3n) is 2.90. The van der Waals surface area contributed by atoms with Crippen LogP contribution >= 0.6 is 23.5 Å². The Bertz CT molecular complexity index is 366. The Balaban J connectivity index is 2.24. The summed E-state index contributed by atoms with van der Waals surface area (Å²) in [5.74, 6) is 4.65. The molecule has 0 radical (unpaired) electrons. The second kappa shape index (κ2) is 6.07. The molecule has 1 unspecified atom stereocenters. The number of hydrogen-bond donors (Lipinski definition) is 1. The Labute approximate surface area is 112 Å². The normalized spacial score (nSPS) is 20.5. The SMILES string of the molecule is CNCc1c(C)nc(C2CSCCS2)nc1C. The van der Waals surface area contributed by atoms with Gasteiger partial charge in [-0.25, -0.2) is 9.97 Å². The van der Waals surface area contributed by atoms with E-state index in [-0.39, 0.29) is 0 Å². The lowest BCUT2D eigenvalue weighted by molar-refractivity contribution is 0.769. The average Bonchev–Trinajstić information content (AvgIpc) is 2.35. The lowest BCUT2D eigenvalue weighted by Crippen LogP contribution is -2.16. The molecular formula is C12H19N3S2. The maximum Gasteiger partial charge on any atom is 0.142 e. The number of nitrogens with one attached hydrogen (secondary N) is 1. The van der Waals surface area contributed by atoms with E-state index in [9.17, 15) is 0 Å². The number of rotatable bonds is 3. The van der Waals surface area contributed by atoms with Gasteiger partial charge in [0.2, 0.25) is 0 Å². The van der Waals surface area contributed by atoms with Crippen LogP contribution in [-0.4, -0.2) is 34.3 Å². The minimum atomic E-state index is 0.481. The molecule has 1 N–H and O–H groups in total. The predicted octanol–water partition coefficient (Wildman–Crippen LogP) is 2.33. The Kier molecular flexibility index (Phi) is 4.70. The largest absolute Gasteiger partial charge is 0.316 e. The van der Waals surface area contributed by atoms with Gasteiger partial charge in [-0.3, -0.25) is 0 Å². The van der Waals surface area contributed by atoms with Gasteiger partial charge >= 0.3 is 0 Å². The van der Waals surface area contributed by atoms with Crippen molar-refractivity contribution in [3.05, 3.63) is 22.8 Å². The molecule has 94 valence electrons. The summed E-state index contributed by atoms with van der Waals surface area (Å²) >= 11 is 4.00. The fourth-order valence-electron chi connectivity index (χ4n) is 1.98. The van der Waals surface area contributed by atoms with Crippen molar-refractivity contribution in [2.24, 2.45) is 0 Å². The van der Waals surface area contributed by atoms with E-state index in [1.165, 1.54) is 17.1 Å². The van der Waals surface area contributed by atoms with Gasteiger partial charge in [0, 0.05) is 40.8 Å². The van der Waals surface area contributed by atoms with Gasteiger partial charge in [-0.05, 0) is 20.9 Å². The molecule has 1 aliphatic rings. The highest BCUT2D eigenvalue weighted by atomic mass is 32.2. The fourth-order valence-corrected chi connectivity index (χ4v) is 4.58. The van der Waals surface area contributed by atoms with Crippen LogP contribution in [0.4, 0.5) is 0 Å². The highest BCUT2D eigenvalue weighted by Gasteiger charge is 2.20. The third-order valence-corrected chi connectivity index (χ3v) is 5.65. The van der Waals surface area contributed by atoms with Crippen molar-refractivity contribution in [1.29, 1.82) is 0 Å². The Hall–Kier alpha value is -0.260. The first-order valence-electron chi connectivity index (χ1n) is 5.90. The van der Waals surface area contributed by atoms with Crippen molar-refractivity contribution in [1.82, 2.24) is 15.3 Å². The standard InChI is InChI=1S/C12H19N3S2/c1-8-10(6-13-3)9(2)15-12(14-8)11-7-16-4-5-17-11/h11,13H,4-7H2,1-3H3. The van der Waals surface area contributed by atoms with E-state index in [2.05, 4.69) is 19.2 Å². The van der Waals surface area contributed by atoms with E-state index >= 15 is 0 Å². The molecule has 17 heavy (non-hydrogen) atoms. The predicted molar refractivity (Wildman–Crippen MR) is 76.8 cm³/mol. The van der Waals surface area contributed by atoms with Crippen LogP contribution in [0.5, 0.6) is 0 Å². The van der Waals surface area contributed by atoms with E-state index in [1.54, 1.807) is 0 Å². The molecule has 2 rings (SSSR count). The first-order chi connectivity index (χ1) is 8.22. The van der Waals surface area contributed by atoms with Gasteiger partial charge < -0.3 is 5.32 Å². The van der Waals surface area contributed by atoms with E-state index < -0.39 is 0 Å². The molecule has 0 aliphatic carbocycles. The van der Waals surface area contributed by atoms with Crippen molar-refractivity contribution in [2.75, 3.05) is 24.3 Å². The van der Waals surface area contributed by atoms with Crippen molar-refractivity contribution in [2.45, 2.75) is 25.6 Å². The Morgan fingerprint density at radius 1 is 1.24 bits per heavy atom. The zero-order valence-electron chi connectivity index (χ0n) is 10.6. The number of hydrogen-bond acceptors (Lipinski definition) is 5. The van der Waals surface area contributed by atoms with Crippen molar-refractivity contribution in [3.8, 4) is 0 Å². The van der Waals surface area contributed by atoms with Crippen LogP contribution in [0.25, 0.3) is 0 Å². The summed E-state index contributed by atoms with van der Waals surface area (Å²) in [5, 5.41) is 3.66. The second-order valence-electron chi connectivity index (χ2n) is 4.20. The summed E-state index contributed by atoms with van der Waals surface area (Å²) in [6.07, 6.45) is 0. The zero-order valence-corrected chi connectivity index (χ0v) is 12.2. The number of aromatic nitrogens is 2. The highest BCUT2D eigenvalue weighted by molar-refractivity contribution is 8.06. The molecule has 0 aromatic carbocycles. The van der Waals surface area contributed by atoms with Gasteiger partial charge in [0.25, 0.3) is 0 Å². The van der Waals surface area contributed by atoms with E-state index in [1.807, 2.05) is 30.6 Å². The molecule has 1 aromatic rings. The van der Waals surface area contributed by atoms with Crippen molar-refractivity contribution < 1.29 is 0 Å². The lowest BCUT2D eigenvalue weighted by atomic mass is 10.1. The molecule has 2 heterocycles. The summed E-state index contributed by atoms with van der Waals surface area (Å²) in [5.41, 5.74) is 3.49. The van der Waals surface area contributed by atoms with Gasteiger partial charge in [0.15, 0.2) is 0 Å². The van der Waals surface area contributed by atoms with E-state index in [0.717, 1.165) is 29.5 Å². The molecule has 1 atom stereocenters. The summed E-state index contributed by atoms with van der Waals surface area (Å²) in [6.45, 7) is 5.03. The lowest BCUT2D eigenvalue weighted by Gasteiger charge is -2.21. The molecule has 0 spiro atoms. The van der Waals surface area contributed by atoms with E-state index in [4.69, 9.17) is 9.97 Å². The van der Waals surface area contributed by atoms with Gasteiger partial charge in [0.1, 0.15) is 5.82 Å². The molecule has 1 fully saturated rings. The fraction of sp³-hybridized carbons (Fsp3) is 0.667. The minimum Gasteiger partial charge on any atom is -0.316 e. The maximum absolute atomic E-state index is 4.69. The van der Waals surface area contributed by atoms with Crippen LogP contribution < -0.4 is 5.32 Å². The first-order valence-corrected chi connectivity index (χ1v) is 8.10. The Morgan fingerprint density at radius 2 is 1.94 bits per heavy atom. The monoisotopic (exact) mass is 269 g/mol. The number of thioether (sulfide) groups is 2. The first kappa shape index (κ1) is 13.2. The third kappa shape index (κ3) is 3.14. The second-order valence-corrected chi connectivity index (χ2v) is 6.66. The molecule has 1 aromatic heterocycles. The summed E-state index contributed by atoms with van der Waals surface area (Å²) in [6, 6.07) is 0. The summed E-state index contributed by atoms with van der Waals surface area (Å²) in [4.78, 5) is 9.38. The number of aryl methyl sites for hydroxylation is 2. The molecule has 1 aliphatic heterocycles. The molecular weight excluding hydrogens is 250 g/mol. The quantitative estimate of drug-likeness (QED) is 0.911. The molecule has 1 saturated heterocycles. The Morgan fingerprint density at radius 3 is 2.47 bits per heavy atom. The van der Waals surface area contributed by atoms with Crippen molar-refractivity contribution in [3.63, 3.8) is 0 Å². The smallest absolute Gasteiger partial charge is 0.142 e. The van der Waals surface area contributed by atoms with Crippen LogP contribution in [0.15, 0.2) is 0 Å². The molecule has 3 nitrogen and oxygen atoms in total.